The number of nitrogens with zero attached hydrogens (tertiary/aromatic N) is 4. The number of carbonyl (C=O) groups is 1. The number of benzene rings is 1. The fourth-order valence-electron chi connectivity index (χ4n) is 3.47. The molecule has 0 radical (unpaired) electrons. The van der Waals surface area contributed by atoms with Crippen LogP contribution in [0.15, 0.2) is 65.7 Å². The van der Waals surface area contributed by atoms with Crippen molar-refractivity contribution in [3.63, 3.8) is 0 Å². The Morgan fingerprint density at radius 3 is 2.79 bits per heavy atom. The minimum absolute atomic E-state index is 0.0672. The van der Waals surface area contributed by atoms with Crippen LogP contribution in [0.2, 0.25) is 0 Å². The van der Waals surface area contributed by atoms with Gasteiger partial charge in [0.25, 0.3) is 0 Å². The van der Waals surface area contributed by atoms with Crippen LogP contribution in [0.25, 0.3) is 11.8 Å². The highest BCUT2D eigenvalue weighted by molar-refractivity contribution is 9.10. The lowest BCUT2D eigenvalue weighted by Gasteiger charge is -2.23. The second-order valence-corrected chi connectivity index (χ2v) is 7.53. The number of halogens is 2. The van der Waals surface area contributed by atoms with Crippen molar-refractivity contribution in [3.05, 3.63) is 82.6 Å². The molecule has 3 heterocycles. The third kappa shape index (κ3) is 3.89. The topological polar surface area (TPSA) is 51.0 Å². The van der Waals surface area contributed by atoms with E-state index in [4.69, 9.17) is 0 Å². The van der Waals surface area contributed by atoms with Gasteiger partial charge in [0.05, 0.1) is 16.7 Å². The SMILES string of the molecule is O=C(/C=C/c1ccc(-n2cc(Br)cn2)c(F)c1)N1CCCC1c1ccncc1. The van der Waals surface area contributed by atoms with E-state index < -0.39 is 5.82 Å². The first-order valence-corrected chi connectivity index (χ1v) is 9.80. The number of rotatable bonds is 4. The molecule has 1 aliphatic heterocycles. The van der Waals surface area contributed by atoms with Gasteiger partial charge >= 0.3 is 0 Å². The second-order valence-electron chi connectivity index (χ2n) is 6.62. The lowest BCUT2D eigenvalue weighted by atomic mass is 10.1. The van der Waals surface area contributed by atoms with E-state index in [0.717, 1.165) is 29.4 Å². The summed E-state index contributed by atoms with van der Waals surface area (Å²) >= 11 is 3.30. The summed E-state index contributed by atoms with van der Waals surface area (Å²) in [7, 11) is 0. The minimum Gasteiger partial charge on any atom is -0.332 e. The summed E-state index contributed by atoms with van der Waals surface area (Å²) < 4.78 is 16.7. The minimum atomic E-state index is -0.402. The average molecular weight is 441 g/mol. The zero-order chi connectivity index (χ0) is 19.5. The molecule has 7 heteroatoms. The number of likely N-dealkylation sites (tertiary alicyclic amines) is 1. The Bertz CT molecular complexity index is 1020. The summed E-state index contributed by atoms with van der Waals surface area (Å²) in [6.45, 7) is 0.720. The molecule has 1 atom stereocenters. The standard InChI is InChI=1S/C21H18BrFN4O/c22-17-13-25-27(14-17)20-5-3-15(12-18(20)23)4-6-21(28)26-11-1-2-19(26)16-7-9-24-10-8-16/h3-10,12-14,19H,1-2,11H2/b6-4+. The van der Waals surface area contributed by atoms with Crippen LogP contribution >= 0.6 is 15.9 Å². The van der Waals surface area contributed by atoms with Crippen LogP contribution in [0.5, 0.6) is 0 Å². The molecule has 28 heavy (non-hydrogen) atoms. The van der Waals surface area contributed by atoms with E-state index in [9.17, 15) is 9.18 Å². The maximum atomic E-state index is 14.4. The summed E-state index contributed by atoms with van der Waals surface area (Å²) in [6.07, 6.45) is 11.8. The van der Waals surface area contributed by atoms with E-state index in [2.05, 4.69) is 26.0 Å². The van der Waals surface area contributed by atoms with Crippen molar-refractivity contribution in [2.24, 2.45) is 0 Å². The number of hydrogen-bond donors (Lipinski definition) is 0. The molecule has 0 spiro atoms. The molecule has 2 aromatic heterocycles. The molecule has 0 bridgehead atoms. The summed E-state index contributed by atoms with van der Waals surface area (Å²) in [4.78, 5) is 18.6. The van der Waals surface area contributed by atoms with Crippen LogP contribution in [-0.2, 0) is 4.79 Å². The summed E-state index contributed by atoms with van der Waals surface area (Å²) in [5.41, 5.74) is 2.07. The Morgan fingerprint density at radius 2 is 2.07 bits per heavy atom. The first-order valence-electron chi connectivity index (χ1n) is 9.00. The first-order chi connectivity index (χ1) is 13.6. The molecule has 0 saturated carbocycles. The van der Waals surface area contributed by atoms with Gasteiger partial charge in [-0.3, -0.25) is 9.78 Å². The van der Waals surface area contributed by atoms with E-state index in [1.807, 2.05) is 17.0 Å². The fraction of sp³-hybridized carbons (Fsp3) is 0.190. The van der Waals surface area contributed by atoms with E-state index in [-0.39, 0.29) is 11.9 Å². The van der Waals surface area contributed by atoms with Crippen molar-refractivity contribution in [3.8, 4) is 5.69 Å². The van der Waals surface area contributed by atoms with Gasteiger partial charge in [-0.2, -0.15) is 5.10 Å². The molecule has 142 valence electrons. The molecule has 1 aliphatic rings. The van der Waals surface area contributed by atoms with Gasteiger partial charge in [-0.25, -0.2) is 9.07 Å². The highest BCUT2D eigenvalue weighted by Gasteiger charge is 2.28. The van der Waals surface area contributed by atoms with E-state index in [0.29, 0.717) is 11.3 Å². The van der Waals surface area contributed by atoms with Gasteiger partial charge < -0.3 is 4.90 Å². The Balaban J connectivity index is 1.49. The van der Waals surface area contributed by atoms with Gasteiger partial charge in [0.2, 0.25) is 5.91 Å². The summed E-state index contributed by atoms with van der Waals surface area (Å²) in [5.74, 6) is -0.471. The van der Waals surface area contributed by atoms with Gasteiger partial charge in [0.15, 0.2) is 0 Å². The molecule has 1 aromatic carbocycles. The lowest BCUT2D eigenvalue weighted by Crippen LogP contribution is -2.28. The van der Waals surface area contributed by atoms with Crippen LogP contribution in [0, 0.1) is 5.82 Å². The summed E-state index contributed by atoms with van der Waals surface area (Å²) in [6, 6.07) is 8.77. The third-order valence-corrected chi connectivity index (χ3v) is 5.22. The van der Waals surface area contributed by atoms with Crippen molar-refractivity contribution in [1.29, 1.82) is 0 Å². The number of carbonyl (C=O) groups excluding carboxylic acids is 1. The fourth-order valence-corrected chi connectivity index (χ4v) is 3.76. The van der Waals surface area contributed by atoms with Crippen LogP contribution in [-0.4, -0.2) is 32.1 Å². The molecule has 5 nitrogen and oxygen atoms in total. The largest absolute Gasteiger partial charge is 0.332 e. The normalized spacial score (nSPS) is 16.8. The number of hydrogen-bond acceptors (Lipinski definition) is 3. The molecule has 4 rings (SSSR count). The predicted octanol–water partition coefficient (Wildman–Crippen LogP) is 4.55. The molecule has 3 aromatic rings. The van der Waals surface area contributed by atoms with E-state index >= 15 is 0 Å². The zero-order valence-electron chi connectivity index (χ0n) is 15.0. The van der Waals surface area contributed by atoms with Crippen LogP contribution in [0.1, 0.15) is 30.0 Å². The number of amides is 1. The zero-order valence-corrected chi connectivity index (χ0v) is 16.6. The molecule has 0 N–H and O–H groups in total. The highest BCUT2D eigenvalue weighted by atomic mass is 79.9. The quantitative estimate of drug-likeness (QED) is 0.559. The molecule has 1 unspecified atom stereocenters. The molecule has 1 fully saturated rings. The van der Waals surface area contributed by atoms with Crippen molar-refractivity contribution in [2.45, 2.75) is 18.9 Å². The Morgan fingerprint density at radius 1 is 1.25 bits per heavy atom. The summed E-state index contributed by atoms with van der Waals surface area (Å²) in [5, 5.41) is 4.09. The second kappa shape index (κ2) is 8.06. The van der Waals surface area contributed by atoms with E-state index in [1.54, 1.807) is 43.0 Å². The molecular weight excluding hydrogens is 423 g/mol. The highest BCUT2D eigenvalue weighted by Crippen LogP contribution is 2.31. The van der Waals surface area contributed by atoms with Gasteiger partial charge in [0, 0.05) is 31.2 Å². The smallest absolute Gasteiger partial charge is 0.247 e. The maximum absolute atomic E-state index is 14.4. The lowest BCUT2D eigenvalue weighted by molar-refractivity contribution is -0.126. The molecular formula is C21H18BrFN4O. The van der Waals surface area contributed by atoms with Gasteiger partial charge in [-0.05, 0) is 70.2 Å². The van der Waals surface area contributed by atoms with E-state index in [1.165, 1.54) is 16.8 Å². The predicted molar refractivity (Wildman–Crippen MR) is 108 cm³/mol. The third-order valence-electron chi connectivity index (χ3n) is 4.81. The average Bonchev–Trinajstić information content (AvgIpc) is 3.36. The van der Waals surface area contributed by atoms with Crippen molar-refractivity contribution >= 4 is 27.9 Å². The maximum Gasteiger partial charge on any atom is 0.247 e. The first kappa shape index (κ1) is 18.6. The van der Waals surface area contributed by atoms with Crippen molar-refractivity contribution in [1.82, 2.24) is 19.7 Å². The van der Waals surface area contributed by atoms with Crippen molar-refractivity contribution < 1.29 is 9.18 Å². The monoisotopic (exact) mass is 440 g/mol. The molecule has 1 saturated heterocycles. The number of aromatic nitrogens is 3. The molecule has 0 aliphatic carbocycles. The van der Waals surface area contributed by atoms with Crippen molar-refractivity contribution in [2.75, 3.05) is 6.54 Å². The van der Waals surface area contributed by atoms with Gasteiger partial charge in [-0.15, -0.1) is 0 Å². The Kier molecular flexibility index (Phi) is 5.34. The van der Waals surface area contributed by atoms with Crippen LogP contribution in [0.3, 0.4) is 0 Å². The van der Waals surface area contributed by atoms with Gasteiger partial charge in [-0.1, -0.05) is 6.07 Å². The van der Waals surface area contributed by atoms with Crippen LogP contribution < -0.4 is 0 Å². The van der Waals surface area contributed by atoms with Gasteiger partial charge in [0.1, 0.15) is 11.5 Å². The number of pyridine rings is 1. The Hall–Kier alpha value is -2.80. The van der Waals surface area contributed by atoms with Crippen LogP contribution in [0.4, 0.5) is 4.39 Å². The molecule has 1 amide bonds. The Labute approximate surface area is 170 Å².